The first-order chi connectivity index (χ1) is 6.23. The maximum atomic E-state index is 11.5. The molecule has 0 amide bonds. The normalized spacial score (nSPS) is 17.0. The van der Waals surface area contributed by atoms with E-state index in [0.29, 0.717) is 6.42 Å². The Morgan fingerprint density at radius 3 is 2.07 bits per heavy atom. The maximum Gasteiger partial charge on any atom is 0.212 e. The summed E-state index contributed by atoms with van der Waals surface area (Å²) in [5.41, 5.74) is 0. The summed E-state index contributed by atoms with van der Waals surface area (Å²) >= 11 is 5.77. The van der Waals surface area contributed by atoms with E-state index >= 15 is 0 Å². The molecule has 0 rings (SSSR count). The van der Waals surface area contributed by atoms with Gasteiger partial charge in [0.25, 0.3) is 0 Å². The Bertz CT molecular complexity index is 250. The molecular weight excluding hydrogens is 222 g/mol. The lowest BCUT2D eigenvalue weighted by atomic mass is 10.2. The second-order valence-corrected chi connectivity index (χ2v) is 6.75. The minimum absolute atomic E-state index is 0.00764. The van der Waals surface area contributed by atoms with E-state index in [9.17, 15) is 8.42 Å². The monoisotopic (exact) mass is 241 g/mol. The first kappa shape index (κ1) is 14.2. The van der Waals surface area contributed by atoms with Crippen molar-refractivity contribution in [3.63, 3.8) is 0 Å². The highest BCUT2D eigenvalue weighted by molar-refractivity contribution is 7.89. The van der Waals surface area contributed by atoms with Crippen LogP contribution in [0.15, 0.2) is 0 Å². The quantitative estimate of drug-likeness (QED) is 0.723. The van der Waals surface area contributed by atoms with Crippen LogP contribution in [0.3, 0.4) is 0 Å². The van der Waals surface area contributed by atoms with Gasteiger partial charge in [0, 0.05) is 11.4 Å². The molecule has 2 atom stereocenters. The summed E-state index contributed by atoms with van der Waals surface area (Å²) in [6.45, 7) is 7.45. The largest absolute Gasteiger partial charge is 0.212 e. The molecule has 0 aromatic carbocycles. The van der Waals surface area contributed by atoms with E-state index < -0.39 is 10.0 Å². The number of rotatable bonds is 6. The number of hydrogen-bond donors (Lipinski definition) is 1. The van der Waals surface area contributed by atoms with Crippen LogP contribution in [0.4, 0.5) is 0 Å². The van der Waals surface area contributed by atoms with Crippen molar-refractivity contribution in [2.45, 2.75) is 45.5 Å². The lowest BCUT2D eigenvalue weighted by Crippen LogP contribution is -2.36. The van der Waals surface area contributed by atoms with Crippen LogP contribution in [-0.2, 0) is 10.0 Å². The van der Waals surface area contributed by atoms with E-state index in [-0.39, 0.29) is 23.1 Å². The number of hydrogen-bond acceptors (Lipinski definition) is 2. The molecular formula is C9H20ClNO2S. The van der Waals surface area contributed by atoms with E-state index in [1.54, 1.807) is 0 Å². The number of alkyl halides is 1. The van der Waals surface area contributed by atoms with Gasteiger partial charge < -0.3 is 0 Å². The highest BCUT2D eigenvalue weighted by atomic mass is 35.5. The summed E-state index contributed by atoms with van der Waals surface area (Å²) in [5.74, 6) is 0.321. The van der Waals surface area contributed by atoms with E-state index in [0.717, 1.165) is 0 Å². The average Bonchev–Trinajstić information content (AvgIpc) is 1.77. The third kappa shape index (κ3) is 7.59. The first-order valence-electron chi connectivity index (χ1n) is 4.87. The van der Waals surface area contributed by atoms with Crippen LogP contribution in [0.5, 0.6) is 0 Å². The van der Waals surface area contributed by atoms with Crippen molar-refractivity contribution in [2.75, 3.05) is 5.75 Å². The SMILES string of the molecule is CC(C)CS(=O)(=O)NC(C)CC(C)Cl. The smallest absolute Gasteiger partial charge is 0.212 e. The Kier molecular flexibility index (Phi) is 6.02. The highest BCUT2D eigenvalue weighted by Crippen LogP contribution is 2.06. The van der Waals surface area contributed by atoms with Crippen molar-refractivity contribution in [1.29, 1.82) is 0 Å². The molecule has 0 fully saturated rings. The van der Waals surface area contributed by atoms with Gasteiger partial charge in [-0.2, -0.15) is 0 Å². The summed E-state index contributed by atoms with van der Waals surface area (Å²) in [6.07, 6.45) is 0.652. The van der Waals surface area contributed by atoms with Crippen LogP contribution in [0.1, 0.15) is 34.1 Å². The lowest BCUT2D eigenvalue weighted by Gasteiger charge is -2.16. The van der Waals surface area contributed by atoms with Gasteiger partial charge in [-0.25, -0.2) is 13.1 Å². The molecule has 2 unspecified atom stereocenters. The molecule has 0 aliphatic carbocycles. The van der Waals surface area contributed by atoms with Gasteiger partial charge >= 0.3 is 0 Å². The van der Waals surface area contributed by atoms with Crippen molar-refractivity contribution >= 4 is 21.6 Å². The first-order valence-corrected chi connectivity index (χ1v) is 6.96. The van der Waals surface area contributed by atoms with Gasteiger partial charge in [-0.1, -0.05) is 13.8 Å². The predicted octanol–water partition coefficient (Wildman–Crippen LogP) is 1.97. The van der Waals surface area contributed by atoms with Crippen LogP contribution < -0.4 is 4.72 Å². The van der Waals surface area contributed by atoms with Crippen LogP contribution in [0, 0.1) is 5.92 Å². The Morgan fingerprint density at radius 2 is 1.71 bits per heavy atom. The zero-order chi connectivity index (χ0) is 11.4. The van der Waals surface area contributed by atoms with Crippen LogP contribution >= 0.6 is 11.6 Å². The standard InChI is InChI=1S/C9H20ClNO2S/c1-7(2)6-14(12,13)11-9(4)5-8(3)10/h7-9,11H,5-6H2,1-4H3. The van der Waals surface area contributed by atoms with E-state index in [1.807, 2.05) is 27.7 Å². The number of sulfonamides is 1. The van der Waals surface area contributed by atoms with Crippen molar-refractivity contribution in [3.05, 3.63) is 0 Å². The minimum Gasteiger partial charge on any atom is -0.212 e. The molecule has 3 nitrogen and oxygen atoms in total. The predicted molar refractivity (Wildman–Crippen MR) is 61.2 cm³/mol. The molecule has 14 heavy (non-hydrogen) atoms. The fraction of sp³-hybridized carbons (Fsp3) is 1.00. The topological polar surface area (TPSA) is 46.2 Å². The van der Waals surface area contributed by atoms with Crippen molar-refractivity contribution < 1.29 is 8.42 Å². The summed E-state index contributed by atoms with van der Waals surface area (Å²) in [4.78, 5) is 0. The molecule has 0 bridgehead atoms. The average molecular weight is 242 g/mol. The zero-order valence-corrected chi connectivity index (χ0v) is 10.8. The molecule has 0 aromatic heterocycles. The van der Waals surface area contributed by atoms with E-state index in [4.69, 9.17) is 11.6 Å². The van der Waals surface area contributed by atoms with Gasteiger partial charge in [0.1, 0.15) is 0 Å². The minimum atomic E-state index is -3.13. The Hall–Kier alpha value is 0.200. The molecule has 0 aromatic rings. The fourth-order valence-electron chi connectivity index (χ4n) is 1.33. The molecule has 0 saturated heterocycles. The van der Waals surface area contributed by atoms with Crippen LogP contribution in [0.25, 0.3) is 0 Å². The Morgan fingerprint density at radius 1 is 1.21 bits per heavy atom. The van der Waals surface area contributed by atoms with Crippen molar-refractivity contribution in [2.24, 2.45) is 5.92 Å². The number of nitrogens with one attached hydrogen (secondary N) is 1. The van der Waals surface area contributed by atoms with Crippen LogP contribution in [-0.4, -0.2) is 25.6 Å². The van der Waals surface area contributed by atoms with Gasteiger partial charge in [-0.3, -0.25) is 0 Å². The maximum absolute atomic E-state index is 11.5. The van der Waals surface area contributed by atoms with Gasteiger partial charge in [-0.15, -0.1) is 11.6 Å². The van der Waals surface area contributed by atoms with Crippen molar-refractivity contribution in [1.82, 2.24) is 4.72 Å². The van der Waals surface area contributed by atoms with Gasteiger partial charge in [0.2, 0.25) is 10.0 Å². The van der Waals surface area contributed by atoms with Crippen molar-refractivity contribution in [3.8, 4) is 0 Å². The molecule has 5 heteroatoms. The molecule has 0 heterocycles. The third-order valence-electron chi connectivity index (χ3n) is 1.61. The summed E-state index contributed by atoms with van der Waals surface area (Å²) in [6, 6.07) is -0.0914. The Balaban J connectivity index is 4.09. The molecule has 0 spiro atoms. The van der Waals surface area contributed by atoms with Crippen LogP contribution in [0.2, 0.25) is 0 Å². The number of halogens is 1. The summed E-state index contributed by atoms with van der Waals surface area (Å²) < 4.78 is 25.6. The van der Waals surface area contributed by atoms with E-state index in [2.05, 4.69) is 4.72 Å². The second-order valence-electron chi connectivity index (χ2n) is 4.21. The molecule has 0 saturated carbocycles. The van der Waals surface area contributed by atoms with Gasteiger partial charge in [-0.05, 0) is 26.2 Å². The zero-order valence-electron chi connectivity index (χ0n) is 9.25. The summed E-state index contributed by atoms with van der Waals surface area (Å²) in [5, 5.41) is -0.00764. The highest BCUT2D eigenvalue weighted by Gasteiger charge is 2.16. The molecule has 0 aliphatic heterocycles. The van der Waals surface area contributed by atoms with E-state index in [1.165, 1.54) is 0 Å². The molecule has 86 valence electrons. The molecule has 0 radical (unpaired) electrons. The van der Waals surface area contributed by atoms with Gasteiger partial charge in [0.15, 0.2) is 0 Å². The second kappa shape index (κ2) is 5.93. The Labute approximate surface area is 92.3 Å². The molecule has 1 N–H and O–H groups in total. The third-order valence-corrected chi connectivity index (χ3v) is 3.66. The summed E-state index contributed by atoms with van der Waals surface area (Å²) in [7, 11) is -3.13. The molecule has 0 aliphatic rings. The fourth-order valence-corrected chi connectivity index (χ4v) is 3.28. The lowest BCUT2D eigenvalue weighted by molar-refractivity contribution is 0.536. The van der Waals surface area contributed by atoms with Gasteiger partial charge in [0.05, 0.1) is 5.75 Å².